The van der Waals surface area contributed by atoms with E-state index in [0.29, 0.717) is 16.6 Å². The monoisotopic (exact) mass is 326 g/mol. The zero-order valence-corrected chi connectivity index (χ0v) is 14.1. The Bertz CT molecular complexity index is 838. The highest BCUT2D eigenvalue weighted by Gasteiger charge is 2.11. The second kappa shape index (κ2) is 6.38. The van der Waals surface area contributed by atoms with E-state index in [-0.39, 0.29) is 5.91 Å². The van der Waals surface area contributed by atoms with Crippen molar-refractivity contribution in [2.45, 2.75) is 19.8 Å². The van der Waals surface area contributed by atoms with Crippen LogP contribution in [-0.2, 0) is 0 Å². The number of rotatable bonds is 4. The van der Waals surface area contributed by atoms with E-state index >= 15 is 0 Å². The normalized spacial score (nSPS) is 11.0. The number of methoxy groups -OCH3 is 1. The fraction of sp³-hybridized carbons (Fsp3) is 0.222. The minimum atomic E-state index is -0.171. The summed E-state index contributed by atoms with van der Waals surface area (Å²) in [5.74, 6) is 1.03. The number of anilines is 1. The van der Waals surface area contributed by atoms with Gasteiger partial charge in [0.15, 0.2) is 5.13 Å². The van der Waals surface area contributed by atoms with E-state index in [0.717, 1.165) is 16.0 Å². The molecule has 2 aromatic carbocycles. The predicted octanol–water partition coefficient (Wildman–Crippen LogP) is 4.68. The minimum absolute atomic E-state index is 0.171. The van der Waals surface area contributed by atoms with E-state index in [1.807, 2.05) is 6.07 Å². The first-order valence-corrected chi connectivity index (χ1v) is 8.24. The van der Waals surface area contributed by atoms with E-state index in [1.165, 1.54) is 16.9 Å². The van der Waals surface area contributed by atoms with Crippen LogP contribution < -0.4 is 10.1 Å². The van der Waals surface area contributed by atoms with Crippen molar-refractivity contribution >= 4 is 32.6 Å². The number of carbonyl (C=O) groups excluding carboxylic acids is 1. The molecule has 0 spiro atoms. The van der Waals surface area contributed by atoms with Gasteiger partial charge in [0.1, 0.15) is 5.75 Å². The van der Waals surface area contributed by atoms with Gasteiger partial charge in [-0.3, -0.25) is 10.1 Å². The van der Waals surface area contributed by atoms with E-state index in [1.54, 1.807) is 31.4 Å². The van der Waals surface area contributed by atoms with Gasteiger partial charge in [-0.05, 0) is 47.9 Å². The average Bonchev–Trinajstić information content (AvgIpc) is 2.96. The molecule has 4 nitrogen and oxygen atoms in total. The molecule has 1 amide bonds. The second-order valence-corrected chi connectivity index (χ2v) is 6.61. The molecule has 0 bridgehead atoms. The number of thiazole rings is 1. The summed E-state index contributed by atoms with van der Waals surface area (Å²) in [5, 5.41) is 3.47. The van der Waals surface area contributed by atoms with E-state index in [4.69, 9.17) is 4.74 Å². The number of nitrogens with zero attached hydrogens (tertiary/aromatic N) is 1. The zero-order chi connectivity index (χ0) is 16.4. The minimum Gasteiger partial charge on any atom is -0.497 e. The Morgan fingerprint density at radius 3 is 2.57 bits per heavy atom. The number of amides is 1. The number of hydrogen-bond acceptors (Lipinski definition) is 4. The van der Waals surface area contributed by atoms with Crippen LogP contribution in [0.2, 0.25) is 0 Å². The topological polar surface area (TPSA) is 51.2 Å². The maximum absolute atomic E-state index is 12.3. The van der Waals surface area contributed by atoms with Crippen LogP contribution in [0.15, 0.2) is 42.5 Å². The number of hydrogen-bond donors (Lipinski definition) is 1. The molecule has 118 valence electrons. The Hall–Kier alpha value is -2.40. The molecule has 0 atom stereocenters. The standard InChI is InChI=1S/C18H18N2O2S/c1-11(2)13-6-9-15-16(10-13)23-18(19-15)20-17(21)12-4-7-14(22-3)8-5-12/h4-11H,1-3H3,(H,19,20,21). The summed E-state index contributed by atoms with van der Waals surface area (Å²) < 4.78 is 6.18. The van der Waals surface area contributed by atoms with Crippen LogP contribution in [0.25, 0.3) is 10.2 Å². The molecule has 0 fully saturated rings. The fourth-order valence-corrected chi connectivity index (χ4v) is 3.17. The molecule has 0 aliphatic rings. The number of nitrogens with one attached hydrogen (secondary N) is 1. The maximum Gasteiger partial charge on any atom is 0.257 e. The van der Waals surface area contributed by atoms with Crippen molar-refractivity contribution in [2.24, 2.45) is 0 Å². The predicted molar refractivity (Wildman–Crippen MR) is 94.7 cm³/mol. The van der Waals surface area contributed by atoms with Crippen molar-refractivity contribution in [3.8, 4) is 5.75 Å². The summed E-state index contributed by atoms with van der Waals surface area (Å²) >= 11 is 1.49. The molecule has 5 heteroatoms. The Morgan fingerprint density at radius 1 is 1.17 bits per heavy atom. The van der Waals surface area contributed by atoms with E-state index in [2.05, 4.69) is 36.3 Å². The van der Waals surface area contributed by atoms with Gasteiger partial charge in [0.2, 0.25) is 0 Å². The summed E-state index contributed by atoms with van der Waals surface area (Å²) in [6, 6.07) is 13.2. The third kappa shape index (κ3) is 3.35. The van der Waals surface area contributed by atoms with Crippen LogP contribution in [0, 0.1) is 0 Å². The van der Waals surface area contributed by atoms with E-state index in [9.17, 15) is 4.79 Å². The number of carbonyl (C=O) groups is 1. The molecule has 0 unspecified atom stereocenters. The number of ether oxygens (including phenoxy) is 1. The van der Waals surface area contributed by atoms with Crippen LogP contribution >= 0.6 is 11.3 Å². The van der Waals surface area contributed by atoms with Gasteiger partial charge in [-0.25, -0.2) is 4.98 Å². The Labute approximate surface area is 139 Å². The van der Waals surface area contributed by atoms with Gasteiger partial charge >= 0.3 is 0 Å². The highest BCUT2D eigenvalue weighted by Crippen LogP contribution is 2.29. The van der Waals surface area contributed by atoms with Crippen molar-refractivity contribution in [1.29, 1.82) is 0 Å². The van der Waals surface area contributed by atoms with Gasteiger partial charge in [-0.15, -0.1) is 0 Å². The van der Waals surface area contributed by atoms with Crippen LogP contribution in [0.4, 0.5) is 5.13 Å². The molecular weight excluding hydrogens is 308 g/mol. The summed E-state index contributed by atoms with van der Waals surface area (Å²) in [6.45, 7) is 4.32. The number of fused-ring (bicyclic) bond motifs is 1. The van der Waals surface area contributed by atoms with Crippen LogP contribution in [0.1, 0.15) is 35.7 Å². The SMILES string of the molecule is COc1ccc(C(=O)Nc2nc3ccc(C(C)C)cc3s2)cc1. The van der Waals surface area contributed by atoms with E-state index < -0.39 is 0 Å². The van der Waals surface area contributed by atoms with Crippen molar-refractivity contribution in [1.82, 2.24) is 4.98 Å². The van der Waals surface area contributed by atoms with Crippen LogP contribution in [0.5, 0.6) is 5.75 Å². The van der Waals surface area contributed by atoms with Gasteiger partial charge < -0.3 is 4.74 Å². The number of aromatic nitrogens is 1. The molecule has 1 N–H and O–H groups in total. The first-order valence-electron chi connectivity index (χ1n) is 7.42. The summed E-state index contributed by atoms with van der Waals surface area (Å²) in [6.07, 6.45) is 0. The van der Waals surface area contributed by atoms with Gasteiger partial charge in [0.25, 0.3) is 5.91 Å². The second-order valence-electron chi connectivity index (χ2n) is 5.58. The highest BCUT2D eigenvalue weighted by molar-refractivity contribution is 7.22. The molecule has 3 aromatic rings. The number of benzene rings is 2. The van der Waals surface area contributed by atoms with Crippen LogP contribution in [0.3, 0.4) is 0 Å². The Balaban J connectivity index is 1.81. The van der Waals surface area contributed by atoms with Gasteiger partial charge in [-0.2, -0.15) is 0 Å². The first-order chi connectivity index (χ1) is 11.1. The molecule has 0 saturated carbocycles. The lowest BCUT2D eigenvalue weighted by Crippen LogP contribution is -2.11. The molecule has 23 heavy (non-hydrogen) atoms. The summed E-state index contributed by atoms with van der Waals surface area (Å²) in [7, 11) is 1.60. The highest BCUT2D eigenvalue weighted by atomic mass is 32.1. The van der Waals surface area contributed by atoms with Crippen molar-refractivity contribution in [3.05, 3.63) is 53.6 Å². The van der Waals surface area contributed by atoms with Gasteiger partial charge in [-0.1, -0.05) is 31.3 Å². The summed E-state index contributed by atoms with van der Waals surface area (Å²) in [5.41, 5.74) is 2.76. The molecular formula is C18H18N2O2S. The third-order valence-corrected chi connectivity index (χ3v) is 4.59. The molecule has 0 aliphatic heterocycles. The van der Waals surface area contributed by atoms with Gasteiger partial charge in [0, 0.05) is 5.56 Å². The summed E-state index contributed by atoms with van der Waals surface area (Å²) in [4.78, 5) is 16.8. The lowest BCUT2D eigenvalue weighted by Gasteiger charge is -2.03. The van der Waals surface area contributed by atoms with Crippen molar-refractivity contribution < 1.29 is 9.53 Å². The average molecular weight is 326 g/mol. The smallest absolute Gasteiger partial charge is 0.257 e. The lowest BCUT2D eigenvalue weighted by molar-refractivity contribution is 0.102. The van der Waals surface area contributed by atoms with Crippen molar-refractivity contribution in [2.75, 3.05) is 12.4 Å². The molecule has 0 aliphatic carbocycles. The van der Waals surface area contributed by atoms with Gasteiger partial charge in [0.05, 0.1) is 17.3 Å². The van der Waals surface area contributed by atoms with Crippen molar-refractivity contribution in [3.63, 3.8) is 0 Å². The zero-order valence-electron chi connectivity index (χ0n) is 13.3. The quantitative estimate of drug-likeness (QED) is 0.757. The largest absolute Gasteiger partial charge is 0.497 e. The molecule has 0 saturated heterocycles. The first kappa shape index (κ1) is 15.5. The maximum atomic E-state index is 12.3. The molecule has 1 heterocycles. The lowest BCUT2D eigenvalue weighted by atomic mass is 10.0. The fourth-order valence-electron chi connectivity index (χ4n) is 2.27. The van der Waals surface area contributed by atoms with Crippen LogP contribution in [-0.4, -0.2) is 18.0 Å². The molecule has 3 rings (SSSR count). The molecule has 0 radical (unpaired) electrons. The Kier molecular flexibility index (Phi) is 4.30. The Morgan fingerprint density at radius 2 is 1.91 bits per heavy atom. The third-order valence-electron chi connectivity index (χ3n) is 3.65. The molecule has 1 aromatic heterocycles.